The van der Waals surface area contributed by atoms with Crippen molar-refractivity contribution in [2.75, 3.05) is 12.4 Å². The topological polar surface area (TPSA) is 69.0 Å². The third-order valence-electron chi connectivity index (χ3n) is 5.02. The predicted molar refractivity (Wildman–Crippen MR) is 111 cm³/mol. The van der Waals surface area contributed by atoms with Gasteiger partial charge in [-0.3, -0.25) is 4.79 Å². The number of hydrogen-bond donors (Lipinski definition) is 1. The van der Waals surface area contributed by atoms with Crippen LogP contribution >= 0.6 is 15.9 Å². The molecule has 1 N–H and O–H groups in total. The van der Waals surface area contributed by atoms with Crippen LogP contribution in [0.25, 0.3) is 11.3 Å². The van der Waals surface area contributed by atoms with Gasteiger partial charge in [-0.2, -0.15) is 0 Å². The molecule has 0 aliphatic carbocycles. The molecule has 0 radical (unpaired) electrons. The summed E-state index contributed by atoms with van der Waals surface area (Å²) >= 11 is 3.61. The van der Waals surface area contributed by atoms with Crippen molar-refractivity contribution in [2.45, 2.75) is 32.4 Å². The number of anilines is 1. The number of methoxy groups -OCH3 is 1. The summed E-state index contributed by atoms with van der Waals surface area (Å²) < 4.78 is 7.80. The average molecular weight is 441 g/mol. The summed E-state index contributed by atoms with van der Waals surface area (Å²) in [5, 5.41) is 12.2. The normalized spacial score (nSPS) is 15.3. The van der Waals surface area contributed by atoms with Gasteiger partial charge in [0.1, 0.15) is 0 Å². The monoisotopic (exact) mass is 440 g/mol. The quantitative estimate of drug-likeness (QED) is 0.612. The molecular formula is C21H21BrN4O2. The second-order valence-corrected chi connectivity index (χ2v) is 7.83. The van der Waals surface area contributed by atoms with Gasteiger partial charge in [-0.1, -0.05) is 39.3 Å². The Labute approximate surface area is 172 Å². The van der Waals surface area contributed by atoms with Crippen LogP contribution in [-0.4, -0.2) is 28.1 Å². The molecule has 4 rings (SSSR count). The maximum Gasteiger partial charge on any atom is 0.309 e. The number of halogens is 1. The van der Waals surface area contributed by atoms with Gasteiger partial charge >= 0.3 is 5.97 Å². The molecule has 0 bridgehead atoms. The van der Waals surface area contributed by atoms with Crippen molar-refractivity contribution in [3.63, 3.8) is 0 Å². The molecule has 1 aliphatic rings. The molecule has 0 fully saturated rings. The van der Waals surface area contributed by atoms with Crippen LogP contribution < -0.4 is 5.32 Å². The van der Waals surface area contributed by atoms with E-state index in [0.717, 1.165) is 45.6 Å². The lowest BCUT2D eigenvalue weighted by atomic mass is 9.96. The Morgan fingerprint density at radius 1 is 1.32 bits per heavy atom. The zero-order chi connectivity index (χ0) is 19.7. The number of ether oxygens (including phenoxy) is 1. The molecule has 0 amide bonds. The smallest absolute Gasteiger partial charge is 0.309 e. The first kappa shape index (κ1) is 18.7. The molecule has 28 heavy (non-hydrogen) atoms. The van der Waals surface area contributed by atoms with E-state index in [0.29, 0.717) is 0 Å². The molecule has 0 saturated heterocycles. The van der Waals surface area contributed by atoms with Gasteiger partial charge in [-0.15, -0.1) is 5.10 Å². The van der Waals surface area contributed by atoms with Crippen LogP contribution in [0.4, 0.5) is 5.69 Å². The van der Waals surface area contributed by atoms with E-state index in [2.05, 4.69) is 49.8 Å². The number of fused-ring (bicyclic) bond motifs is 3. The first-order valence-electron chi connectivity index (χ1n) is 9.17. The molecule has 3 aromatic rings. The Morgan fingerprint density at radius 2 is 2.18 bits per heavy atom. The van der Waals surface area contributed by atoms with E-state index in [1.54, 1.807) is 0 Å². The van der Waals surface area contributed by atoms with E-state index in [1.807, 2.05) is 35.9 Å². The molecule has 0 saturated carbocycles. The number of nitrogens with zero attached hydrogens (tertiary/aromatic N) is 3. The average Bonchev–Trinajstić information content (AvgIpc) is 2.98. The Bertz CT molecular complexity index is 1030. The highest BCUT2D eigenvalue weighted by Crippen LogP contribution is 2.38. The van der Waals surface area contributed by atoms with Crippen molar-refractivity contribution in [1.82, 2.24) is 15.0 Å². The summed E-state index contributed by atoms with van der Waals surface area (Å²) in [4.78, 5) is 11.6. The minimum absolute atomic E-state index is 0.113. The lowest BCUT2D eigenvalue weighted by molar-refractivity contribution is -0.139. The number of rotatable bonds is 4. The van der Waals surface area contributed by atoms with Gasteiger partial charge in [0.05, 0.1) is 31.0 Å². The maximum atomic E-state index is 11.6. The van der Waals surface area contributed by atoms with E-state index in [1.165, 1.54) is 12.7 Å². The van der Waals surface area contributed by atoms with Crippen molar-refractivity contribution in [1.29, 1.82) is 0 Å². The molecule has 1 aliphatic heterocycles. The Morgan fingerprint density at radius 3 is 3.00 bits per heavy atom. The number of carbonyl (C=O) groups excluding carboxylic acids is 1. The molecular weight excluding hydrogens is 420 g/mol. The molecule has 1 unspecified atom stereocenters. The number of hydrogen-bond acceptors (Lipinski definition) is 5. The molecule has 1 aromatic heterocycles. The molecule has 6 nitrogen and oxygen atoms in total. The highest BCUT2D eigenvalue weighted by atomic mass is 79.9. The summed E-state index contributed by atoms with van der Waals surface area (Å²) in [5.74, 6) is -0.241. The number of carbonyl (C=O) groups is 1. The molecule has 0 spiro atoms. The summed E-state index contributed by atoms with van der Waals surface area (Å²) in [6.07, 6.45) is 1.14. The zero-order valence-corrected chi connectivity index (χ0v) is 17.4. The van der Waals surface area contributed by atoms with Gasteiger partial charge in [0, 0.05) is 22.3 Å². The minimum Gasteiger partial charge on any atom is -0.469 e. The third-order valence-corrected chi connectivity index (χ3v) is 5.51. The van der Waals surface area contributed by atoms with Gasteiger partial charge in [-0.05, 0) is 48.7 Å². The van der Waals surface area contributed by atoms with Crippen LogP contribution in [0.15, 0.2) is 46.9 Å². The predicted octanol–water partition coefficient (Wildman–Crippen LogP) is 4.29. The largest absolute Gasteiger partial charge is 0.469 e. The van der Waals surface area contributed by atoms with Crippen LogP contribution in [-0.2, 0) is 22.5 Å². The zero-order valence-electron chi connectivity index (χ0n) is 15.8. The summed E-state index contributed by atoms with van der Waals surface area (Å²) in [6, 6.07) is 14.4. The fourth-order valence-corrected chi connectivity index (χ4v) is 4.07. The van der Waals surface area contributed by atoms with Crippen LogP contribution in [0.2, 0.25) is 0 Å². The van der Waals surface area contributed by atoms with Gasteiger partial charge in [0.25, 0.3) is 0 Å². The number of aryl methyl sites for hydroxylation is 2. The number of nitrogens with one attached hydrogen (secondary N) is 1. The van der Waals surface area contributed by atoms with Crippen molar-refractivity contribution in [3.05, 3.63) is 63.8 Å². The van der Waals surface area contributed by atoms with E-state index in [9.17, 15) is 4.79 Å². The standard InChI is InChI=1S/C21H21BrN4O2/c1-13-21-17-7-6-15(22)12-18(17)19(8-9-26(21)25-24-13)23-16-5-3-4-14(10-16)11-20(27)28-2/h3-7,10,12,19,23H,8-9,11H2,1-2H3. The highest BCUT2D eigenvalue weighted by Gasteiger charge is 2.25. The Hall–Kier alpha value is -2.67. The first-order valence-corrected chi connectivity index (χ1v) is 9.96. The Balaban J connectivity index is 1.68. The van der Waals surface area contributed by atoms with Crippen LogP contribution in [0.1, 0.15) is 29.3 Å². The lowest BCUT2D eigenvalue weighted by Gasteiger charge is -2.21. The van der Waals surface area contributed by atoms with E-state index in [-0.39, 0.29) is 18.4 Å². The van der Waals surface area contributed by atoms with E-state index in [4.69, 9.17) is 4.74 Å². The van der Waals surface area contributed by atoms with Crippen LogP contribution in [0, 0.1) is 6.92 Å². The Kier molecular flexibility index (Phi) is 5.17. The van der Waals surface area contributed by atoms with Gasteiger partial charge in [0.15, 0.2) is 0 Å². The lowest BCUT2D eigenvalue weighted by Crippen LogP contribution is -2.13. The van der Waals surface area contributed by atoms with Crippen molar-refractivity contribution < 1.29 is 9.53 Å². The molecule has 2 aromatic carbocycles. The fourth-order valence-electron chi connectivity index (χ4n) is 3.70. The van der Waals surface area contributed by atoms with E-state index < -0.39 is 0 Å². The summed E-state index contributed by atoms with van der Waals surface area (Å²) in [6.45, 7) is 2.77. The van der Waals surface area contributed by atoms with Crippen molar-refractivity contribution in [2.24, 2.45) is 0 Å². The molecule has 2 heterocycles. The SMILES string of the molecule is COC(=O)Cc1cccc(NC2CCn3nnc(C)c3-c3ccc(Br)cc32)c1. The summed E-state index contributed by atoms with van der Waals surface area (Å²) in [5.41, 5.74) is 6.26. The number of aromatic nitrogens is 3. The van der Waals surface area contributed by atoms with Crippen LogP contribution in [0.5, 0.6) is 0 Å². The second-order valence-electron chi connectivity index (χ2n) is 6.92. The fraction of sp³-hybridized carbons (Fsp3) is 0.286. The second kappa shape index (κ2) is 7.75. The van der Waals surface area contributed by atoms with Crippen molar-refractivity contribution in [3.8, 4) is 11.3 Å². The van der Waals surface area contributed by atoms with E-state index >= 15 is 0 Å². The summed E-state index contributed by atoms with van der Waals surface area (Å²) in [7, 11) is 1.41. The number of benzene rings is 2. The van der Waals surface area contributed by atoms with Gasteiger partial charge < -0.3 is 10.1 Å². The minimum atomic E-state index is -0.241. The molecule has 7 heteroatoms. The molecule has 1 atom stereocenters. The third kappa shape index (κ3) is 3.67. The van der Waals surface area contributed by atoms with Gasteiger partial charge in [-0.25, -0.2) is 4.68 Å². The van der Waals surface area contributed by atoms with Crippen molar-refractivity contribution >= 4 is 27.6 Å². The van der Waals surface area contributed by atoms with Gasteiger partial charge in [0.2, 0.25) is 0 Å². The van der Waals surface area contributed by atoms with Crippen LogP contribution in [0.3, 0.4) is 0 Å². The highest BCUT2D eigenvalue weighted by molar-refractivity contribution is 9.10. The molecule has 144 valence electrons. The first-order chi connectivity index (χ1) is 13.5. The maximum absolute atomic E-state index is 11.6. The number of esters is 1.